The maximum absolute atomic E-state index is 4.59. The molecule has 1 aromatic rings. The second-order valence-corrected chi connectivity index (χ2v) is 4.91. The minimum Gasteiger partial charge on any atom is -0.319 e. The van der Waals surface area contributed by atoms with Gasteiger partial charge in [0.05, 0.1) is 0 Å². The van der Waals surface area contributed by atoms with E-state index in [1.165, 1.54) is 0 Å². The van der Waals surface area contributed by atoms with Gasteiger partial charge < -0.3 is 5.32 Å². The van der Waals surface area contributed by atoms with E-state index in [9.17, 15) is 0 Å². The van der Waals surface area contributed by atoms with Crippen molar-refractivity contribution >= 4 is 0 Å². The zero-order valence-corrected chi connectivity index (χ0v) is 10.4. The lowest BCUT2D eigenvalue weighted by molar-refractivity contribution is 0.559. The van der Waals surface area contributed by atoms with Gasteiger partial charge in [-0.3, -0.25) is 0 Å². The summed E-state index contributed by atoms with van der Waals surface area (Å²) in [5.74, 6) is 0.939. The van der Waals surface area contributed by atoms with Crippen molar-refractivity contribution in [3.05, 3.63) is 23.3 Å². The van der Waals surface area contributed by atoms with Crippen LogP contribution in [0, 0.1) is 6.92 Å². The highest BCUT2D eigenvalue weighted by Gasteiger charge is 2.16. The highest BCUT2D eigenvalue weighted by atomic mass is 14.9. The molecule has 15 heavy (non-hydrogen) atoms. The monoisotopic (exact) mass is 207 g/mol. The number of hydrogen-bond donors (Lipinski definition) is 1. The van der Waals surface area contributed by atoms with E-state index in [0.29, 0.717) is 0 Å². The molecule has 0 aromatic carbocycles. The second-order valence-electron chi connectivity index (χ2n) is 4.91. The third-order valence-corrected chi connectivity index (χ3v) is 2.27. The molecule has 0 saturated carbocycles. The molecule has 3 nitrogen and oxygen atoms in total. The van der Waals surface area contributed by atoms with Gasteiger partial charge in [-0.05, 0) is 20.0 Å². The van der Waals surface area contributed by atoms with Gasteiger partial charge in [0.25, 0.3) is 0 Å². The Bertz CT molecular complexity index is 326. The van der Waals surface area contributed by atoms with Crippen LogP contribution in [-0.2, 0) is 11.8 Å². The average Bonchev–Trinajstić information content (AvgIpc) is 2.12. The molecule has 0 radical (unpaired) electrons. The van der Waals surface area contributed by atoms with E-state index in [2.05, 4.69) is 42.1 Å². The normalized spacial score (nSPS) is 11.8. The Morgan fingerprint density at radius 2 is 1.93 bits per heavy atom. The first-order valence-corrected chi connectivity index (χ1v) is 5.43. The number of nitrogens with one attached hydrogen (secondary N) is 1. The lowest BCUT2D eigenvalue weighted by Gasteiger charge is -2.18. The van der Waals surface area contributed by atoms with Crippen molar-refractivity contribution in [2.75, 3.05) is 13.6 Å². The third kappa shape index (κ3) is 3.59. The maximum Gasteiger partial charge on any atom is 0.130 e. The van der Waals surface area contributed by atoms with Crippen LogP contribution in [-0.4, -0.2) is 23.6 Å². The highest BCUT2D eigenvalue weighted by Crippen LogP contribution is 2.20. The van der Waals surface area contributed by atoms with Crippen LogP contribution < -0.4 is 5.32 Å². The Morgan fingerprint density at radius 3 is 2.47 bits per heavy atom. The second kappa shape index (κ2) is 4.71. The molecule has 0 aliphatic carbocycles. The molecule has 1 aromatic heterocycles. The molecule has 0 spiro atoms. The molecule has 0 saturated heterocycles. The Balaban J connectivity index is 2.95. The van der Waals surface area contributed by atoms with E-state index in [4.69, 9.17) is 0 Å². The molecular weight excluding hydrogens is 186 g/mol. The average molecular weight is 207 g/mol. The quantitative estimate of drug-likeness (QED) is 0.822. The number of aromatic nitrogens is 2. The molecule has 84 valence electrons. The lowest BCUT2D eigenvalue weighted by atomic mass is 9.91. The molecule has 0 aliphatic rings. The van der Waals surface area contributed by atoms with Gasteiger partial charge >= 0.3 is 0 Å². The van der Waals surface area contributed by atoms with Crippen LogP contribution in [0.4, 0.5) is 0 Å². The first-order chi connectivity index (χ1) is 6.93. The number of aryl methyl sites for hydroxylation is 1. The van der Waals surface area contributed by atoms with Crippen LogP contribution in [0.5, 0.6) is 0 Å². The predicted molar refractivity (Wildman–Crippen MR) is 63.1 cm³/mol. The van der Waals surface area contributed by atoms with Crippen molar-refractivity contribution in [2.24, 2.45) is 0 Å². The molecule has 0 atom stereocenters. The Morgan fingerprint density at radius 1 is 1.27 bits per heavy atom. The summed E-state index contributed by atoms with van der Waals surface area (Å²) in [5, 5.41) is 3.11. The van der Waals surface area contributed by atoms with E-state index in [-0.39, 0.29) is 5.41 Å². The minimum atomic E-state index is 0.0993. The predicted octanol–water partition coefficient (Wildman–Crippen LogP) is 1.84. The Labute approximate surface area is 92.3 Å². The van der Waals surface area contributed by atoms with Gasteiger partial charge in [-0.15, -0.1) is 0 Å². The van der Waals surface area contributed by atoms with Gasteiger partial charge in [0, 0.05) is 29.8 Å². The van der Waals surface area contributed by atoms with Crippen LogP contribution in [0.3, 0.4) is 0 Å². The lowest BCUT2D eigenvalue weighted by Crippen LogP contribution is -2.18. The van der Waals surface area contributed by atoms with Gasteiger partial charge in [-0.1, -0.05) is 20.8 Å². The van der Waals surface area contributed by atoms with Crippen molar-refractivity contribution in [1.29, 1.82) is 0 Å². The molecule has 1 N–H and O–H groups in total. The number of nitrogens with zero attached hydrogens (tertiary/aromatic N) is 2. The number of hydrogen-bond acceptors (Lipinski definition) is 3. The van der Waals surface area contributed by atoms with Gasteiger partial charge in [0.15, 0.2) is 0 Å². The highest BCUT2D eigenvalue weighted by molar-refractivity contribution is 5.17. The molecule has 0 bridgehead atoms. The molecule has 3 heteroatoms. The molecule has 0 amide bonds. The summed E-state index contributed by atoms with van der Waals surface area (Å²) < 4.78 is 0. The van der Waals surface area contributed by atoms with E-state index < -0.39 is 0 Å². The molecule has 0 aliphatic heterocycles. The van der Waals surface area contributed by atoms with Crippen molar-refractivity contribution in [3.63, 3.8) is 0 Å². The van der Waals surface area contributed by atoms with Crippen molar-refractivity contribution in [3.8, 4) is 0 Å². The largest absolute Gasteiger partial charge is 0.319 e. The van der Waals surface area contributed by atoms with Crippen molar-refractivity contribution in [1.82, 2.24) is 15.3 Å². The number of rotatable bonds is 3. The fraction of sp³-hybridized carbons (Fsp3) is 0.667. The van der Waals surface area contributed by atoms with Crippen LogP contribution in [0.15, 0.2) is 6.07 Å². The van der Waals surface area contributed by atoms with E-state index in [0.717, 1.165) is 30.2 Å². The van der Waals surface area contributed by atoms with Crippen LogP contribution in [0.2, 0.25) is 0 Å². The van der Waals surface area contributed by atoms with E-state index in [1.807, 2.05) is 14.0 Å². The Kier molecular flexibility index (Phi) is 3.80. The number of likely N-dealkylation sites (N-methyl/N-ethyl adjacent to an activating group) is 1. The van der Waals surface area contributed by atoms with Crippen molar-refractivity contribution < 1.29 is 0 Å². The van der Waals surface area contributed by atoms with Gasteiger partial charge in [0.2, 0.25) is 0 Å². The molecule has 1 rings (SSSR count). The molecular formula is C12H21N3. The fourth-order valence-electron chi connectivity index (χ4n) is 1.36. The first kappa shape index (κ1) is 12.1. The summed E-state index contributed by atoms with van der Waals surface area (Å²) in [6, 6.07) is 2.07. The summed E-state index contributed by atoms with van der Waals surface area (Å²) in [6.45, 7) is 9.48. The summed E-state index contributed by atoms with van der Waals surface area (Å²) in [7, 11) is 1.94. The van der Waals surface area contributed by atoms with Crippen LogP contribution >= 0.6 is 0 Å². The Hall–Kier alpha value is -0.960. The third-order valence-electron chi connectivity index (χ3n) is 2.27. The van der Waals surface area contributed by atoms with E-state index >= 15 is 0 Å². The molecule has 0 fully saturated rings. The van der Waals surface area contributed by atoms with E-state index in [1.54, 1.807) is 0 Å². The SMILES string of the molecule is CNCCc1nc(C)cc(C(C)(C)C)n1. The summed E-state index contributed by atoms with van der Waals surface area (Å²) >= 11 is 0. The van der Waals surface area contributed by atoms with Gasteiger partial charge in [-0.2, -0.15) is 0 Å². The standard InChI is InChI=1S/C12H21N3/c1-9-8-10(12(2,3)4)15-11(14-9)6-7-13-5/h8,13H,6-7H2,1-5H3. The van der Waals surface area contributed by atoms with Gasteiger partial charge in [-0.25, -0.2) is 9.97 Å². The van der Waals surface area contributed by atoms with Crippen LogP contribution in [0.1, 0.15) is 38.0 Å². The summed E-state index contributed by atoms with van der Waals surface area (Å²) in [4.78, 5) is 9.02. The molecule has 0 unspecified atom stereocenters. The molecule has 1 heterocycles. The topological polar surface area (TPSA) is 37.8 Å². The minimum absolute atomic E-state index is 0.0993. The first-order valence-electron chi connectivity index (χ1n) is 5.43. The summed E-state index contributed by atoms with van der Waals surface area (Å²) in [5.41, 5.74) is 2.28. The zero-order chi connectivity index (χ0) is 11.5. The van der Waals surface area contributed by atoms with Gasteiger partial charge in [0.1, 0.15) is 5.82 Å². The summed E-state index contributed by atoms with van der Waals surface area (Å²) in [6.07, 6.45) is 0.890. The zero-order valence-electron chi connectivity index (χ0n) is 10.4. The van der Waals surface area contributed by atoms with Crippen molar-refractivity contribution in [2.45, 2.75) is 39.5 Å². The van der Waals surface area contributed by atoms with Crippen LogP contribution in [0.25, 0.3) is 0 Å². The maximum atomic E-state index is 4.59. The smallest absolute Gasteiger partial charge is 0.130 e. The fourth-order valence-corrected chi connectivity index (χ4v) is 1.36.